The number of rotatable bonds is 3. The Labute approximate surface area is 156 Å². The van der Waals surface area contributed by atoms with Crippen LogP contribution in [0.1, 0.15) is 19.4 Å². The summed E-state index contributed by atoms with van der Waals surface area (Å²) in [4.78, 5) is 12.3. The van der Waals surface area contributed by atoms with Crippen molar-refractivity contribution >= 4 is 34.9 Å². The van der Waals surface area contributed by atoms with Crippen LogP contribution in [0.25, 0.3) is 0 Å². The van der Waals surface area contributed by atoms with Gasteiger partial charge < -0.3 is 20.1 Å². The second-order valence-corrected chi connectivity index (χ2v) is 7.01. The van der Waals surface area contributed by atoms with Crippen LogP contribution in [0, 0.1) is 0 Å². The molecule has 132 valence electrons. The van der Waals surface area contributed by atoms with E-state index in [0.29, 0.717) is 40.4 Å². The Morgan fingerprint density at radius 1 is 1.00 bits per heavy atom. The standard InChI is InChI=1S/C18H18Cl2N2O3/c1-18(2,11-3-6-15-16(9-11)25-8-7-24-15)22-17(23)21-12-4-5-13(19)14(20)10-12/h3-6,9-10H,7-8H2,1-2H3,(H2,21,22,23). The summed E-state index contributed by atoms with van der Waals surface area (Å²) in [6.45, 7) is 4.88. The fourth-order valence-electron chi connectivity index (χ4n) is 2.52. The van der Waals surface area contributed by atoms with Crippen LogP contribution in [-0.2, 0) is 5.54 Å². The number of hydrogen-bond donors (Lipinski definition) is 2. The van der Waals surface area contributed by atoms with Crippen LogP contribution in [-0.4, -0.2) is 19.2 Å². The second-order valence-electron chi connectivity index (χ2n) is 6.19. The van der Waals surface area contributed by atoms with Gasteiger partial charge in [-0.15, -0.1) is 0 Å². The first-order chi connectivity index (χ1) is 11.8. The van der Waals surface area contributed by atoms with Gasteiger partial charge >= 0.3 is 6.03 Å². The van der Waals surface area contributed by atoms with E-state index in [1.54, 1.807) is 18.2 Å². The number of nitrogens with one attached hydrogen (secondary N) is 2. The molecule has 5 nitrogen and oxygen atoms in total. The molecule has 0 bridgehead atoms. The van der Waals surface area contributed by atoms with Crippen molar-refractivity contribution in [2.45, 2.75) is 19.4 Å². The third-order valence-corrected chi connectivity index (χ3v) is 4.61. The maximum Gasteiger partial charge on any atom is 0.319 e. The van der Waals surface area contributed by atoms with Crippen LogP contribution in [0.4, 0.5) is 10.5 Å². The van der Waals surface area contributed by atoms with Crippen LogP contribution in [0.5, 0.6) is 11.5 Å². The van der Waals surface area contributed by atoms with Crippen LogP contribution >= 0.6 is 23.2 Å². The molecule has 0 spiro atoms. The van der Waals surface area contributed by atoms with Crippen molar-refractivity contribution in [1.29, 1.82) is 0 Å². The predicted octanol–water partition coefficient (Wildman–Crippen LogP) is 4.82. The van der Waals surface area contributed by atoms with Crippen LogP contribution in [0.2, 0.25) is 10.0 Å². The van der Waals surface area contributed by atoms with Gasteiger partial charge in [0.2, 0.25) is 0 Å². The van der Waals surface area contributed by atoms with Crippen molar-refractivity contribution in [3.05, 3.63) is 52.0 Å². The highest BCUT2D eigenvalue weighted by Gasteiger charge is 2.25. The first-order valence-corrected chi connectivity index (χ1v) is 8.55. The highest BCUT2D eigenvalue weighted by atomic mass is 35.5. The fraction of sp³-hybridized carbons (Fsp3) is 0.278. The molecule has 0 radical (unpaired) electrons. The number of anilines is 1. The molecule has 3 rings (SSSR count). The molecule has 0 fully saturated rings. The minimum Gasteiger partial charge on any atom is -0.486 e. The monoisotopic (exact) mass is 380 g/mol. The summed E-state index contributed by atoms with van der Waals surface area (Å²) < 4.78 is 11.1. The summed E-state index contributed by atoms with van der Waals surface area (Å²) in [6, 6.07) is 10.2. The molecule has 2 amide bonds. The number of amides is 2. The molecule has 25 heavy (non-hydrogen) atoms. The lowest BCUT2D eigenvalue weighted by Gasteiger charge is -2.28. The summed E-state index contributed by atoms with van der Waals surface area (Å²) >= 11 is 11.8. The van der Waals surface area contributed by atoms with Gasteiger partial charge in [0.1, 0.15) is 13.2 Å². The number of ether oxygens (including phenoxy) is 2. The topological polar surface area (TPSA) is 59.6 Å². The van der Waals surface area contributed by atoms with E-state index < -0.39 is 5.54 Å². The van der Waals surface area contributed by atoms with Crippen molar-refractivity contribution < 1.29 is 14.3 Å². The molecular formula is C18H18Cl2N2O3. The third-order valence-electron chi connectivity index (χ3n) is 3.87. The number of carbonyl (C=O) groups is 1. The Balaban J connectivity index is 1.71. The predicted molar refractivity (Wildman–Crippen MR) is 99.1 cm³/mol. The molecule has 0 unspecified atom stereocenters. The van der Waals surface area contributed by atoms with E-state index in [-0.39, 0.29) is 6.03 Å². The van der Waals surface area contributed by atoms with Gasteiger partial charge in [-0.25, -0.2) is 4.79 Å². The Hall–Kier alpha value is -2.11. The van der Waals surface area contributed by atoms with E-state index in [1.807, 2.05) is 32.0 Å². The zero-order chi connectivity index (χ0) is 18.0. The number of fused-ring (bicyclic) bond motifs is 1. The molecule has 2 aromatic rings. The minimum absolute atomic E-state index is 0.349. The van der Waals surface area contributed by atoms with Crippen LogP contribution in [0.15, 0.2) is 36.4 Å². The SMILES string of the molecule is CC(C)(NC(=O)Nc1ccc(Cl)c(Cl)c1)c1ccc2c(c1)OCCO2. The highest BCUT2D eigenvalue weighted by Crippen LogP contribution is 2.34. The van der Waals surface area contributed by atoms with Gasteiger partial charge in [-0.1, -0.05) is 29.3 Å². The molecule has 0 atom stereocenters. The van der Waals surface area contributed by atoms with Gasteiger partial charge in [-0.05, 0) is 49.7 Å². The Kier molecular flexibility index (Phi) is 4.97. The molecule has 0 saturated heterocycles. The summed E-state index contributed by atoms with van der Waals surface area (Å²) in [7, 11) is 0. The molecule has 1 heterocycles. The molecule has 0 saturated carbocycles. The van der Waals surface area contributed by atoms with Crippen LogP contribution < -0.4 is 20.1 Å². The molecule has 7 heteroatoms. The zero-order valence-electron chi connectivity index (χ0n) is 13.9. The summed E-state index contributed by atoms with van der Waals surface area (Å²) in [5, 5.41) is 6.50. The lowest BCUT2D eigenvalue weighted by atomic mass is 9.94. The van der Waals surface area contributed by atoms with Crippen molar-refractivity contribution in [1.82, 2.24) is 5.32 Å². The zero-order valence-corrected chi connectivity index (χ0v) is 15.4. The smallest absolute Gasteiger partial charge is 0.319 e. The first-order valence-electron chi connectivity index (χ1n) is 7.79. The number of carbonyl (C=O) groups excluding carboxylic acids is 1. The average molecular weight is 381 g/mol. The number of benzene rings is 2. The van der Waals surface area contributed by atoms with E-state index >= 15 is 0 Å². The summed E-state index contributed by atoms with van der Waals surface area (Å²) in [6.07, 6.45) is 0. The minimum atomic E-state index is -0.615. The maximum absolute atomic E-state index is 12.3. The molecule has 1 aliphatic heterocycles. The molecule has 0 aliphatic carbocycles. The van der Waals surface area contributed by atoms with Gasteiger partial charge in [0, 0.05) is 5.69 Å². The number of urea groups is 1. The molecule has 0 aromatic heterocycles. The number of halogens is 2. The molecule has 2 N–H and O–H groups in total. The van der Waals surface area contributed by atoms with E-state index in [1.165, 1.54) is 0 Å². The Bertz CT molecular complexity index is 809. The highest BCUT2D eigenvalue weighted by molar-refractivity contribution is 6.42. The van der Waals surface area contributed by atoms with Gasteiger partial charge in [-0.3, -0.25) is 0 Å². The van der Waals surface area contributed by atoms with Crippen molar-refractivity contribution in [3.63, 3.8) is 0 Å². The normalized spacial score (nSPS) is 13.3. The lowest BCUT2D eigenvalue weighted by Crippen LogP contribution is -2.43. The van der Waals surface area contributed by atoms with Crippen molar-refractivity contribution in [2.24, 2.45) is 0 Å². The Morgan fingerprint density at radius 2 is 1.72 bits per heavy atom. The summed E-state index contributed by atoms with van der Waals surface area (Å²) in [5.74, 6) is 1.40. The molecule has 1 aliphatic rings. The van der Waals surface area contributed by atoms with E-state index in [4.69, 9.17) is 32.7 Å². The molecular weight excluding hydrogens is 363 g/mol. The quantitative estimate of drug-likeness (QED) is 0.801. The largest absolute Gasteiger partial charge is 0.486 e. The molecule has 2 aromatic carbocycles. The lowest BCUT2D eigenvalue weighted by molar-refractivity contribution is 0.171. The van der Waals surface area contributed by atoms with Gasteiger partial charge in [0.05, 0.1) is 15.6 Å². The van der Waals surface area contributed by atoms with Crippen molar-refractivity contribution in [2.75, 3.05) is 18.5 Å². The average Bonchev–Trinajstić information content (AvgIpc) is 2.57. The fourth-order valence-corrected chi connectivity index (χ4v) is 2.82. The van der Waals surface area contributed by atoms with Gasteiger partial charge in [-0.2, -0.15) is 0 Å². The van der Waals surface area contributed by atoms with Gasteiger partial charge in [0.15, 0.2) is 11.5 Å². The van der Waals surface area contributed by atoms with Gasteiger partial charge in [0.25, 0.3) is 0 Å². The van der Waals surface area contributed by atoms with E-state index in [9.17, 15) is 4.79 Å². The van der Waals surface area contributed by atoms with Crippen LogP contribution in [0.3, 0.4) is 0 Å². The summed E-state index contributed by atoms with van der Waals surface area (Å²) in [5.41, 5.74) is 0.849. The van der Waals surface area contributed by atoms with E-state index in [0.717, 1.165) is 5.56 Å². The first kappa shape index (κ1) is 17.7. The third kappa shape index (κ3) is 4.11. The maximum atomic E-state index is 12.3. The Morgan fingerprint density at radius 3 is 2.44 bits per heavy atom. The number of hydrogen-bond acceptors (Lipinski definition) is 3. The second kappa shape index (κ2) is 7.02. The van der Waals surface area contributed by atoms with E-state index in [2.05, 4.69) is 10.6 Å². The van der Waals surface area contributed by atoms with Crippen molar-refractivity contribution in [3.8, 4) is 11.5 Å².